The largest absolute Gasteiger partial charge is 0.467 e. The number of benzene rings is 1. The summed E-state index contributed by atoms with van der Waals surface area (Å²) >= 11 is 0. The van der Waals surface area contributed by atoms with Crippen LogP contribution < -0.4 is 5.32 Å². The highest BCUT2D eigenvalue weighted by atomic mass is 16.5. The first-order valence-corrected chi connectivity index (χ1v) is 7.93. The predicted molar refractivity (Wildman–Crippen MR) is 94.8 cm³/mol. The number of amides is 1. The summed E-state index contributed by atoms with van der Waals surface area (Å²) in [5, 5.41) is 2.82. The number of carbonyl (C=O) groups is 1. The minimum Gasteiger partial charge on any atom is -0.467 e. The van der Waals surface area contributed by atoms with Crippen LogP contribution in [-0.2, 0) is 22.7 Å². The molecule has 0 spiro atoms. The van der Waals surface area contributed by atoms with Gasteiger partial charge in [0.1, 0.15) is 23.9 Å². The van der Waals surface area contributed by atoms with Gasteiger partial charge in [0.05, 0.1) is 12.9 Å². The van der Waals surface area contributed by atoms with Crippen molar-refractivity contribution in [3.05, 3.63) is 83.7 Å². The SMILES string of the molecule is Cc1ccc(/C=C/C(=O)Nc2cccc(COCc3ccco3)c2)o1. The molecule has 0 aliphatic rings. The average Bonchev–Trinajstić information content (AvgIpc) is 3.25. The smallest absolute Gasteiger partial charge is 0.248 e. The Balaban J connectivity index is 1.52. The zero-order valence-corrected chi connectivity index (χ0v) is 13.9. The van der Waals surface area contributed by atoms with E-state index < -0.39 is 0 Å². The first-order chi connectivity index (χ1) is 12.2. The number of hydrogen-bond donors (Lipinski definition) is 1. The van der Waals surface area contributed by atoms with Crippen molar-refractivity contribution in [1.29, 1.82) is 0 Å². The predicted octanol–water partition coefficient (Wildman–Crippen LogP) is 4.55. The molecular formula is C20H19NO4. The molecule has 1 amide bonds. The molecular weight excluding hydrogens is 318 g/mol. The standard InChI is InChI=1S/C20H19NO4/c1-15-7-8-18(25-15)9-10-20(22)21-17-5-2-4-16(12-17)13-23-14-19-6-3-11-24-19/h2-12H,13-14H2,1H3,(H,21,22)/b10-9+. The highest BCUT2D eigenvalue weighted by Gasteiger charge is 2.02. The van der Waals surface area contributed by atoms with Gasteiger partial charge >= 0.3 is 0 Å². The van der Waals surface area contributed by atoms with Gasteiger partial charge in [-0.1, -0.05) is 12.1 Å². The van der Waals surface area contributed by atoms with Gasteiger partial charge in [0, 0.05) is 11.8 Å². The van der Waals surface area contributed by atoms with Crippen LogP contribution in [0.5, 0.6) is 0 Å². The van der Waals surface area contributed by atoms with Crippen LogP contribution in [0.15, 0.2) is 69.7 Å². The van der Waals surface area contributed by atoms with Crippen molar-refractivity contribution in [3.63, 3.8) is 0 Å². The van der Waals surface area contributed by atoms with E-state index in [1.54, 1.807) is 12.3 Å². The average molecular weight is 337 g/mol. The van der Waals surface area contributed by atoms with Gasteiger partial charge in [-0.05, 0) is 55.0 Å². The Morgan fingerprint density at radius 1 is 1.16 bits per heavy atom. The van der Waals surface area contributed by atoms with E-state index in [2.05, 4.69) is 5.32 Å². The van der Waals surface area contributed by atoms with E-state index in [1.165, 1.54) is 6.08 Å². The van der Waals surface area contributed by atoms with E-state index in [0.717, 1.165) is 17.1 Å². The summed E-state index contributed by atoms with van der Waals surface area (Å²) in [5.41, 5.74) is 1.68. The summed E-state index contributed by atoms with van der Waals surface area (Å²) in [6, 6.07) is 14.9. The van der Waals surface area contributed by atoms with Gasteiger partial charge in [-0.25, -0.2) is 0 Å². The van der Waals surface area contributed by atoms with Gasteiger partial charge in [0.25, 0.3) is 0 Å². The lowest BCUT2D eigenvalue weighted by Gasteiger charge is -2.06. The third-order valence-electron chi connectivity index (χ3n) is 3.45. The second kappa shape index (κ2) is 8.17. The molecule has 0 atom stereocenters. The molecule has 0 saturated heterocycles. The van der Waals surface area contributed by atoms with Crippen molar-refractivity contribution in [3.8, 4) is 0 Å². The highest BCUT2D eigenvalue weighted by molar-refractivity contribution is 6.01. The Hall–Kier alpha value is -3.05. The highest BCUT2D eigenvalue weighted by Crippen LogP contribution is 2.13. The Bertz CT molecular complexity index is 846. The van der Waals surface area contributed by atoms with Gasteiger partial charge in [-0.3, -0.25) is 4.79 Å². The Morgan fingerprint density at radius 3 is 2.84 bits per heavy atom. The summed E-state index contributed by atoms with van der Waals surface area (Å²) < 4.78 is 16.2. The molecule has 0 fully saturated rings. The molecule has 3 rings (SSSR count). The van der Waals surface area contributed by atoms with Crippen molar-refractivity contribution in [1.82, 2.24) is 0 Å². The maximum atomic E-state index is 12.0. The van der Waals surface area contributed by atoms with Crippen molar-refractivity contribution in [2.24, 2.45) is 0 Å². The Kier molecular flexibility index (Phi) is 5.49. The van der Waals surface area contributed by atoms with Crippen LogP contribution in [0.4, 0.5) is 5.69 Å². The molecule has 5 heteroatoms. The summed E-state index contributed by atoms with van der Waals surface area (Å²) in [4.78, 5) is 12.0. The fraction of sp³-hybridized carbons (Fsp3) is 0.150. The van der Waals surface area contributed by atoms with Crippen LogP contribution in [0.1, 0.15) is 22.8 Å². The van der Waals surface area contributed by atoms with Crippen LogP contribution in [0.2, 0.25) is 0 Å². The first kappa shape index (κ1) is 16.8. The number of ether oxygens (including phenoxy) is 1. The van der Waals surface area contributed by atoms with Gasteiger partial charge in [0.15, 0.2) is 0 Å². The van der Waals surface area contributed by atoms with Crippen molar-refractivity contribution in [2.75, 3.05) is 5.32 Å². The lowest BCUT2D eigenvalue weighted by Crippen LogP contribution is -2.08. The monoisotopic (exact) mass is 337 g/mol. The number of anilines is 1. The molecule has 0 unspecified atom stereocenters. The molecule has 2 aromatic heterocycles. The van der Waals surface area contributed by atoms with Crippen LogP contribution in [0.3, 0.4) is 0 Å². The number of rotatable bonds is 7. The second-order valence-electron chi connectivity index (χ2n) is 5.54. The normalized spacial score (nSPS) is 11.1. The van der Waals surface area contributed by atoms with Crippen molar-refractivity contribution >= 4 is 17.7 Å². The topological polar surface area (TPSA) is 64.6 Å². The lowest BCUT2D eigenvalue weighted by atomic mass is 10.2. The molecule has 3 aromatic rings. The maximum absolute atomic E-state index is 12.0. The summed E-state index contributed by atoms with van der Waals surface area (Å²) in [6.45, 7) is 2.71. The molecule has 1 aromatic carbocycles. The number of carbonyl (C=O) groups excluding carboxylic acids is 1. The first-order valence-electron chi connectivity index (χ1n) is 7.93. The van der Waals surface area contributed by atoms with E-state index in [0.29, 0.717) is 24.7 Å². The molecule has 0 aliphatic carbocycles. The fourth-order valence-corrected chi connectivity index (χ4v) is 2.29. The number of nitrogens with one attached hydrogen (secondary N) is 1. The van der Waals surface area contributed by atoms with Crippen LogP contribution in [-0.4, -0.2) is 5.91 Å². The second-order valence-corrected chi connectivity index (χ2v) is 5.54. The number of furan rings is 2. The van der Waals surface area contributed by atoms with Crippen LogP contribution >= 0.6 is 0 Å². The molecule has 0 bridgehead atoms. The van der Waals surface area contributed by atoms with Gasteiger partial charge < -0.3 is 18.9 Å². The molecule has 25 heavy (non-hydrogen) atoms. The molecule has 5 nitrogen and oxygen atoms in total. The van der Waals surface area contributed by atoms with Crippen molar-refractivity contribution < 1.29 is 18.4 Å². The number of aryl methyl sites for hydroxylation is 1. The van der Waals surface area contributed by atoms with E-state index in [1.807, 2.05) is 55.5 Å². The lowest BCUT2D eigenvalue weighted by molar-refractivity contribution is -0.111. The minimum atomic E-state index is -0.220. The number of hydrogen-bond acceptors (Lipinski definition) is 4. The van der Waals surface area contributed by atoms with Gasteiger partial charge in [-0.2, -0.15) is 0 Å². The third kappa shape index (κ3) is 5.22. The van der Waals surface area contributed by atoms with E-state index in [4.69, 9.17) is 13.6 Å². The molecule has 0 saturated carbocycles. The Labute approximate surface area is 145 Å². The zero-order valence-electron chi connectivity index (χ0n) is 13.9. The van der Waals surface area contributed by atoms with Crippen LogP contribution in [0.25, 0.3) is 6.08 Å². The summed E-state index contributed by atoms with van der Waals surface area (Å²) in [7, 11) is 0. The van der Waals surface area contributed by atoms with Gasteiger partial charge in [0.2, 0.25) is 5.91 Å². The summed E-state index contributed by atoms with van der Waals surface area (Å²) in [6.07, 6.45) is 4.70. The zero-order chi connectivity index (χ0) is 17.5. The minimum absolute atomic E-state index is 0.220. The molecule has 0 aliphatic heterocycles. The molecule has 128 valence electrons. The van der Waals surface area contributed by atoms with Crippen LogP contribution in [0, 0.1) is 6.92 Å². The van der Waals surface area contributed by atoms with Crippen molar-refractivity contribution in [2.45, 2.75) is 20.1 Å². The third-order valence-corrected chi connectivity index (χ3v) is 3.45. The van der Waals surface area contributed by atoms with E-state index in [-0.39, 0.29) is 5.91 Å². The van der Waals surface area contributed by atoms with E-state index in [9.17, 15) is 4.79 Å². The maximum Gasteiger partial charge on any atom is 0.248 e. The molecule has 1 N–H and O–H groups in total. The summed E-state index contributed by atoms with van der Waals surface area (Å²) in [5.74, 6) is 2.01. The quantitative estimate of drug-likeness (QED) is 0.642. The van der Waals surface area contributed by atoms with E-state index >= 15 is 0 Å². The molecule has 2 heterocycles. The van der Waals surface area contributed by atoms with Gasteiger partial charge in [-0.15, -0.1) is 0 Å². The fourth-order valence-electron chi connectivity index (χ4n) is 2.29. The molecule has 0 radical (unpaired) electrons. The Morgan fingerprint density at radius 2 is 2.08 bits per heavy atom.